The average molecular weight is 587 g/mol. The van der Waals surface area contributed by atoms with Crippen LogP contribution in [0.25, 0.3) is 0 Å². The molecule has 0 aliphatic carbocycles. The van der Waals surface area contributed by atoms with E-state index in [1.54, 1.807) is 73.7 Å². The van der Waals surface area contributed by atoms with Crippen LogP contribution in [0.1, 0.15) is 42.2 Å². The topological polar surface area (TPSA) is 118 Å². The number of hydrogen-bond donors (Lipinski definition) is 0. The van der Waals surface area contributed by atoms with Gasteiger partial charge in [0, 0.05) is 11.2 Å². The summed E-state index contributed by atoms with van der Waals surface area (Å²) in [5.74, 6) is -2.49. The summed E-state index contributed by atoms with van der Waals surface area (Å²) in [4.78, 5) is 42.1. The van der Waals surface area contributed by atoms with Crippen molar-refractivity contribution in [1.82, 2.24) is 0 Å². The summed E-state index contributed by atoms with van der Waals surface area (Å²) in [5, 5.41) is 0. The Hall–Kier alpha value is -4.41. The lowest BCUT2D eigenvalue weighted by molar-refractivity contribution is 0.0926. The Bertz CT molecular complexity index is 1890. The molecule has 41 heavy (non-hydrogen) atoms. The second kappa shape index (κ2) is 10.9. The second-order valence-electron chi connectivity index (χ2n) is 9.64. The molecule has 10 heteroatoms. The van der Waals surface area contributed by atoms with Gasteiger partial charge in [-0.05, 0) is 66.9 Å². The molecule has 0 saturated heterocycles. The zero-order chi connectivity index (χ0) is 29.4. The van der Waals surface area contributed by atoms with Crippen LogP contribution >= 0.6 is 0 Å². The summed E-state index contributed by atoms with van der Waals surface area (Å²) in [5.41, 5.74) is 1.07. The molecule has 0 saturated carbocycles. The molecule has 4 aromatic carbocycles. The lowest BCUT2D eigenvalue weighted by atomic mass is 9.96. The van der Waals surface area contributed by atoms with Crippen molar-refractivity contribution >= 4 is 43.0 Å². The van der Waals surface area contributed by atoms with Crippen molar-refractivity contribution in [2.45, 2.75) is 23.1 Å². The zero-order valence-electron chi connectivity index (χ0n) is 22.3. The number of benzene rings is 4. The fourth-order valence-electron chi connectivity index (χ4n) is 4.81. The predicted molar refractivity (Wildman–Crippen MR) is 156 cm³/mol. The van der Waals surface area contributed by atoms with Gasteiger partial charge in [-0.15, -0.1) is 0 Å². The minimum absolute atomic E-state index is 0.0362. The zero-order valence-corrected chi connectivity index (χ0v) is 23.9. The van der Waals surface area contributed by atoms with E-state index >= 15 is 0 Å². The van der Waals surface area contributed by atoms with Gasteiger partial charge < -0.3 is 0 Å². The van der Waals surface area contributed by atoms with Crippen LogP contribution in [0.3, 0.4) is 0 Å². The molecule has 1 unspecified atom stereocenters. The van der Waals surface area contributed by atoms with Crippen LogP contribution in [0, 0.1) is 6.92 Å². The Morgan fingerprint density at radius 2 is 1.24 bits per heavy atom. The van der Waals surface area contributed by atoms with E-state index in [0.717, 1.165) is 4.90 Å². The molecule has 0 aromatic heterocycles. The highest BCUT2D eigenvalue weighted by Crippen LogP contribution is 2.35. The minimum atomic E-state index is -3.74. The normalized spacial score (nSPS) is 14.4. The maximum absolute atomic E-state index is 13.9. The van der Waals surface area contributed by atoms with E-state index in [4.69, 9.17) is 0 Å². The standard InChI is InChI=1S/C31H26N2O6S2/c1-21-17-18-27(33-30(35)25-15-9-10-16-26(25)31(33)36)28(29(34)32-40(2,37)22-11-5-3-6-12-22)24(21)19-20-41(38,39)23-13-7-4-8-14-23/h3-18H,19-20H2,1-2H3. The number of sulfone groups is 1. The van der Waals surface area contributed by atoms with Crippen molar-refractivity contribution in [3.8, 4) is 0 Å². The fourth-order valence-corrected chi connectivity index (χ4v) is 7.26. The number of rotatable bonds is 7. The van der Waals surface area contributed by atoms with E-state index in [1.165, 1.54) is 36.6 Å². The van der Waals surface area contributed by atoms with Gasteiger partial charge >= 0.3 is 0 Å². The molecule has 0 N–H and O–H groups in total. The first-order valence-electron chi connectivity index (χ1n) is 12.7. The molecule has 1 atom stereocenters. The molecule has 1 heterocycles. The number of anilines is 1. The Balaban J connectivity index is 1.66. The lowest BCUT2D eigenvalue weighted by Gasteiger charge is -2.21. The van der Waals surface area contributed by atoms with Crippen molar-refractivity contribution < 1.29 is 27.0 Å². The molecule has 5 rings (SSSR count). The fraction of sp³-hybridized carbons (Fsp3) is 0.129. The second-order valence-corrected chi connectivity index (χ2v) is 14.0. The highest BCUT2D eigenvalue weighted by atomic mass is 32.2. The van der Waals surface area contributed by atoms with Gasteiger partial charge in [-0.1, -0.05) is 54.6 Å². The van der Waals surface area contributed by atoms with Crippen molar-refractivity contribution in [2.24, 2.45) is 4.36 Å². The van der Waals surface area contributed by atoms with E-state index in [2.05, 4.69) is 4.36 Å². The third kappa shape index (κ3) is 5.36. The average Bonchev–Trinajstić information content (AvgIpc) is 3.22. The van der Waals surface area contributed by atoms with Crippen molar-refractivity contribution in [3.63, 3.8) is 0 Å². The summed E-state index contributed by atoms with van der Waals surface area (Å²) in [6.07, 6.45) is 1.23. The molecular weight excluding hydrogens is 560 g/mol. The van der Waals surface area contributed by atoms with Gasteiger partial charge in [-0.3, -0.25) is 14.4 Å². The van der Waals surface area contributed by atoms with Gasteiger partial charge in [0.1, 0.15) is 0 Å². The Morgan fingerprint density at radius 1 is 0.732 bits per heavy atom. The summed E-state index contributed by atoms with van der Waals surface area (Å²) in [6, 6.07) is 25.6. The molecule has 3 amide bonds. The Labute approximate surface area is 238 Å². The summed E-state index contributed by atoms with van der Waals surface area (Å²) in [6.45, 7) is 1.70. The molecule has 208 valence electrons. The molecule has 1 aliphatic heterocycles. The van der Waals surface area contributed by atoms with Crippen LogP contribution in [-0.4, -0.2) is 42.4 Å². The lowest BCUT2D eigenvalue weighted by Crippen LogP contribution is -2.31. The number of carbonyl (C=O) groups is 3. The van der Waals surface area contributed by atoms with Crippen molar-refractivity contribution in [2.75, 3.05) is 16.9 Å². The van der Waals surface area contributed by atoms with Gasteiger partial charge in [0.25, 0.3) is 17.7 Å². The molecular formula is C31H26N2O6S2. The maximum Gasteiger partial charge on any atom is 0.287 e. The van der Waals surface area contributed by atoms with Crippen LogP contribution < -0.4 is 4.90 Å². The van der Waals surface area contributed by atoms with Gasteiger partial charge in [-0.25, -0.2) is 17.5 Å². The minimum Gasteiger partial charge on any atom is -0.268 e. The highest BCUT2D eigenvalue weighted by molar-refractivity contribution is 7.93. The number of aryl methyl sites for hydroxylation is 1. The third-order valence-corrected chi connectivity index (χ3v) is 10.3. The molecule has 0 radical (unpaired) electrons. The first kappa shape index (κ1) is 28.1. The smallest absolute Gasteiger partial charge is 0.268 e. The predicted octanol–water partition coefficient (Wildman–Crippen LogP) is 5.11. The van der Waals surface area contributed by atoms with Gasteiger partial charge in [0.15, 0.2) is 9.84 Å². The number of amides is 3. The molecule has 0 spiro atoms. The molecule has 1 aliphatic rings. The van der Waals surface area contributed by atoms with Gasteiger partial charge in [-0.2, -0.15) is 4.36 Å². The van der Waals surface area contributed by atoms with Crippen LogP contribution in [0.15, 0.2) is 111 Å². The quantitative estimate of drug-likeness (QED) is 0.278. The summed E-state index contributed by atoms with van der Waals surface area (Å²) < 4.78 is 43.9. The van der Waals surface area contributed by atoms with Crippen LogP contribution in [-0.2, 0) is 26.0 Å². The van der Waals surface area contributed by atoms with Gasteiger partial charge in [0.2, 0.25) is 0 Å². The Morgan fingerprint density at radius 3 is 1.80 bits per heavy atom. The van der Waals surface area contributed by atoms with Gasteiger partial charge in [0.05, 0.1) is 42.8 Å². The maximum atomic E-state index is 13.9. The third-order valence-electron chi connectivity index (χ3n) is 6.93. The van der Waals surface area contributed by atoms with E-state index in [1.807, 2.05) is 0 Å². The van der Waals surface area contributed by atoms with Crippen LogP contribution in [0.4, 0.5) is 5.69 Å². The number of fused-ring (bicyclic) bond motifs is 1. The van der Waals surface area contributed by atoms with Crippen molar-refractivity contribution in [1.29, 1.82) is 0 Å². The van der Waals surface area contributed by atoms with Crippen molar-refractivity contribution in [3.05, 3.63) is 125 Å². The van der Waals surface area contributed by atoms with Crippen LogP contribution in [0.2, 0.25) is 0 Å². The SMILES string of the molecule is Cc1ccc(N2C(=O)c3ccccc3C2=O)c(C(=O)N=S(C)(=O)c2ccccc2)c1CCS(=O)(=O)c1ccccc1. The first-order valence-corrected chi connectivity index (χ1v) is 16.3. The van der Waals surface area contributed by atoms with E-state index in [9.17, 15) is 27.0 Å². The Kier molecular flexibility index (Phi) is 7.46. The summed E-state index contributed by atoms with van der Waals surface area (Å²) >= 11 is 0. The first-order chi connectivity index (χ1) is 19.5. The van der Waals surface area contributed by atoms with E-state index < -0.39 is 37.3 Å². The molecule has 0 bridgehead atoms. The highest BCUT2D eigenvalue weighted by Gasteiger charge is 2.39. The molecule has 4 aromatic rings. The number of imide groups is 1. The van der Waals surface area contributed by atoms with Crippen LogP contribution in [0.5, 0.6) is 0 Å². The van der Waals surface area contributed by atoms with E-state index in [-0.39, 0.29) is 39.4 Å². The summed E-state index contributed by atoms with van der Waals surface area (Å²) in [7, 11) is -6.96. The van der Waals surface area contributed by atoms with E-state index in [0.29, 0.717) is 16.0 Å². The monoisotopic (exact) mass is 586 g/mol. The molecule has 0 fully saturated rings. The number of carbonyl (C=O) groups excluding carboxylic acids is 3. The number of nitrogens with zero attached hydrogens (tertiary/aromatic N) is 2. The number of hydrogen-bond acceptors (Lipinski definition) is 6. The molecule has 8 nitrogen and oxygen atoms in total. The largest absolute Gasteiger partial charge is 0.287 e.